The number of likely N-dealkylation sites (tertiary alicyclic amines) is 1. The van der Waals surface area contributed by atoms with E-state index >= 15 is 0 Å². The lowest BCUT2D eigenvalue weighted by Crippen LogP contribution is -2.35. The molecular formula is C20H29N5O2S. The molecule has 1 saturated heterocycles. The number of benzene rings is 1. The lowest BCUT2D eigenvalue weighted by Gasteiger charge is -2.21. The molecule has 1 aromatic heterocycles. The third-order valence-electron chi connectivity index (χ3n) is 5.11. The number of aromatic amines is 1. The van der Waals surface area contributed by atoms with Gasteiger partial charge in [-0.1, -0.05) is 0 Å². The molecule has 0 spiro atoms. The van der Waals surface area contributed by atoms with Crippen LogP contribution in [0.1, 0.15) is 26.2 Å². The van der Waals surface area contributed by atoms with Crippen LogP contribution in [0, 0.1) is 4.77 Å². The highest BCUT2D eigenvalue weighted by Gasteiger charge is 2.16. The number of nitrogens with one attached hydrogen (secondary N) is 1. The number of hydrogen-bond acceptors (Lipinski definition) is 5. The second-order valence-corrected chi connectivity index (χ2v) is 7.46. The van der Waals surface area contributed by atoms with Crippen molar-refractivity contribution in [3.8, 4) is 17.1 Å². The predicted molar refractivity (Wildman–Crippen MR) is 112 cm³/mol. The number of amides is 1. The Hall–Kier alpha value is -2.19. The van der Waals surface area contributed by atoms with Gasteiger partial charge in [-0.25, -0.2) is 0 Å². The van der Waals surface area contributed by atoms with Crippen molar-refractivity contribution in [2.24, 2.45) is 0 Å². The minimum Gasteiger partial charge on any atom is -0.494 e. The Balaban J connectivity index is 1.58. The summed E-state index contributed by atoms with van der Waals surface area (Å²) in [5.74, 6) is 1.68. The van der Waals surface area contributed by atoms with Crippen molar-refractivity contribution in [1.29, 1.82) is 0 Å². The molecule has 0 radical (unpaired) electrons. The fourth-order valence-electron chi connectivity index (χ4n) is 3.43. The molecule has 3 rings (SSSR count). The van der Waals surface area contributed by atoms with E-state index in [1.807, 2.05) is 47.7 Å². The van der Waals surface area contributed by atoms with Gasteiger partial charge in [0.05, 0.1) is 6.61 Å². The molecule has 0 bridgehead atoms. The number of hydrogen-bond donors (Lipinski definition) is 1. The van der Waals surface area contributed by atoms with Crippen LogP contribution >= 0.6 is 12.2 Å². The van der Waals surface area contributed by atoms with Crippen molar-refractivity contribution in [3.63, 3.8) is 0 Å². The number of carbonyl (C=O) groups excluding carboxylic acids is 1. The van der Waals surface area contributed by atoms with Crippen LogP contribution < -0.4 is 4.74 Å². The Morgan fingerprint density at radius 3 is 2.64 bits per heavy atom. The third kappa shape index (κ3) is 5.20. The first kappa shape index (κ1) is 20.5. The summed E-state index contributed by atoms with van der Waals surface area (Å²) in [5, 5.41) is 7.19. The van der Waals surface area contributed by atoms with Gasteiger partial charge in [0, 0.05) is 38.7 Å². The van der Waals surface area contributed by atoms with Gasteiger partial charge in [-0.2, -0.15) is 5.10 Å². The molecule has 0 atom stereocenters. The topological polar surface area (TPSA) is 66.4 Å². The van der Waals surface area contributed by atoms with Gasteiger partial charge < -0.3 is 14.5 Å². The average Bonchev–Trinajstić information content (AvgIpc) is 3.35. The second kappa shape index (κ2) is 9.84. The SMILES string of the molecule is CCOc1ccc(-c2n[nH]c(=S)n2CCC(=O)N(C)CCN2CCCC2)cc1. The van der Waals surface area contributed by atoms with Crippen LogP contribution in [-0.4, -0.2) is 70.3 Å². The van der Waals surface area contributed by atoms with E-state index in [-0.39, 0.29) is 5.91 Å². The summed E-state index contributed by atoms with van der Waals surface area (Å²) in [5.41, 5.74) is 0.936. The number of likely N-dealkylation sites (N-methyl/N-ethyl adjacent to an activating group) is 1. The molecule has 2 heterocycles. The van der Waals surface area contributed by atoms with E-state index in [4.69, 9.17) is 17.0 Å². The highest BCUT2D eigenvalue weighted by atomic mass is 32.1. The molecule has 1 aliphatic heterocycles. The van der Waals surface area contributed by atoms with Crippen molar-refractivity contribution in [3.05, 3.63) is 29.0 Å². The lowest BCUT2D eigenvalue weighted by atomic mass is 10.2. The number of nitrogens with zero attached hydrogens (tertiary/aromatic N) is 4. The molecule has 28 heavy (non-hydrogen) atoms. The van der Waals surface area contributed by atoms with E-state index in [1.165, 1.54) is 12.8 Å². The Kier molecular flexibility index (Phi) is 7.22. The molecule has 0 unspecified atom stereocenters. The van der Waals surface area contributed by atoms with Gasteiger partial charge in [-0.15, -0.1) is 0 Å². The van der Waals surface area contributed by atoms with Gasteiger partial charge in [0.2, 0.25) is 5.91 Å². The average molecular weight is 404 g/mol. The molecule has 2 aromatic rings. The predicted octanol–water partition coefficient (Wildman–Crippen LogP) is 2.95. The molecule has 7 nitrogen and oxygen atoms in total. The minimum absolute atomic E-state index is 0.125. The maximum Gasteiger partial charge on any atom is 0.224 e. The van der Waals surface area contributed by atoms with Crippen LogP contribution in [0.5, 0.6) is 5.75 Å². The first-order chi connectivity index (χ1) is 13.6. The minimum atomic E-state index is 0.125. The van der Waals surface area contributed by atoms with Gasteiger partial charge >= 0.3 is 0 Å². The Bertz CT molecular complexity index is 824. The normalized spacial score (nSPS) is 14.4. The smallest absolute Gasteiger partial charge is 0.224 e. The molecular weight excluding hydrogens is 374 g/mol. The van der Waals surface area contributed by atoms with Crippen molar-refractivity contribution < 1.29 is 9.53 Å². The molecule has 0 saturated carbocycles. The zero-order valence-electron chi connectivity index (χ0n) is 16.7. The monoisotopic (exact) mass is 403 g/mol. The Morgan fingerprint density at radius 1 is 1.25 bits per heavy atom. The molecule has 8 heteroatoms. The summed E-state index contributed by atoms with van der Waals surface area (Å²) in [4.78, 5) is 16.8. The van der Waals surface area contributed by atoms with Crippen molar-refractivity contribution in [2.75, 3.05) is 39.8 Å². The van der Waals surface area contributed by atoms with Gasteiger partial charge in [0.1, 0.15) is 5.75 Å². The van der Waals surface area contributed by atoms with Gasteiger partial charge in [0.25, 0.3) is 0 Å². The summed E-state index contributed by atoms with van der Waals surface area (Å²) in [6, 6.07) is 7.74. The molecule has 0 aliphatic carbocycles. The summed E-state index contributed by atoms with van der Waals surface area (Å²) >= 11 is 5.37. The van der Waals surface area contributed by atoms with Crippen LogP contribution in [0.25, 0.3) is 11.4 Å². The molecule has 1 aliphatic rings. The van der Waals surface area contributed by atoms with E-state index in [9.17, 15) is 4.79 Å². The fourth-order valence-corrected chi connectivity index (χ4v) is 3.66. The largest absolute Gasteiger partial charge is 0.494 e. The van der Waals surface area contributed by atoms with E-state index in [0.29, 0.717) is 24.3 Å². The number of ether oxygens (including phenoxy) is 1. The third-order valence-corrected chi connectivity index (χ3v) is 5.42. The molecule has 1 amide bonds. The van der Waals surface area contributed by atoms with E-state index in [2.05, 4.69) is 15.1 Å². The highest BCUT2D eigenvalue weighted by molar-refractivity contribution is 7.71. The van der Waals surface area contributed by atoms with Gasteiger partial charge in [0.15, 0.2) is 10.6 Å². The zero-order valence-corrected chi connectivity index (χ0v) is 17.5. The Morgan fingerprint density at radius 2 is 1.96 bits per heavy atom. The number of rotatable bonds is 9. The van der Waals surface area contributed by atoms with E-state index in [0.717, 1.165) is 43.3 Å². The zero-order chi connectivity index (χ0) is 19.9. The van der Waals surface area contributed by atoms with Gasteiger partial charge in [-0.3, -0.25) is 14.5 Å². The summed E-state index contributed by atoms with van der Waals surface area (Å²) in [6.45, 7) is 7.11. The first-order valence-corrected chi connectivity index (χ1v) is 10.3. The lowest BCUT2D eigenvalue weighted by molar-refractivity contribution is -0.130. The summed E-state index contributed by atoms with van der Waals surface area (Å²) < 4.78 is 7.90. The maximum absolute atomic E-state index is 12.5. The van der Waals surface area contributed by atoms with Crippen LogP contribution in [-0.2, 0) is 11.3 Å². The van der Waals surface area contributed by atoms with Crippen LogP contribution in [0.2, 0.25) is 0 Å². The second-order valence-electron chi connectivity index (χ2n) is 7.08. The standard InChI is InChI=1S/C20H29N5O2S/c1-3-27-17-8-6-16(7-9-17)19-21-22-20(28)25(19)13-10-18(26)23(2)14-15-24-11-4-5-12-24/h6-9H,3-5,10-15H2,1-2H3,(H,22,28). The number of aromatic nitrogens is 3. The van der Waals surface area contributed by atoms with Crippen LogP contribution in [0.15, 0.2) is 24.3 Å². The van der Waals surface area contributed by atoms with Crippen molar-refractivity contribution in [2.45, 2.75) is 32.7 Å². The van der Waals surface area contributed by atoms with Crippen molar-refractivity contribution in [1.82, 2.24) is 24.6 Å². The van der Waals surface area contributed by atoms with Crippen LogP contribution in [0.3, 0.4) is 0 Å². The van der Waals surface area contributed by atoms with E-state index in [1.54, 1.807) is 0 Å². The van der Waals surface area contributed by atoms with Gasteiger partial charge in [-0.05, 0) is 69.3 Å². The maximum atomic E-state index is 12.5. The quantitative estimate of drug-likeness (QED) is 0.652. The fraction of sp³-hybridized carbons (Fsp3) is 0.550. The highest BCUT2D eigenvalue weighted by Crippen LogP contribution is 2.21. The van der Waals surface area contributed by atoms with E-state index < -0.39 is 0 Å². The van der Waals surface area contributed by atoms with Crippen LogP contribution in [0.4, 0.5) is 0 Å². The molecule has 1 aromatic carbocycles. The number of H-pyrrole nitrogens is 1. The molecule has 1 fully saturated rings. The summed E-state index contributed by atoms with van der Waals surface area (Å²) in [6.07, 6.45) is 2.93. The molecule has 1 N–H and O–H groups in total. The number of carbonyl (C=O) groups is 1. The Labute approximate surface area is 171 Å². The summed E-state index contributed by atoms with van der Waals surface area (Å²) in [7, 11) is 1.88. The van der Waals surface area contributed by atoms with Crippen molar-refractivity contribution >= 4 is 18.1 Å². The first-order valence-electron chi connectivity index (χ1n) is 9.93. The molecule has 152 valence electrons.